The minimum atomic E-state index is -0.276. The standard InChI is InChI=1S/C16H20N4O3S/c1-10-17-16-20(18-10)15(22)14(24-16)13(19(2)8-9-21)11-6-4-5-7-12(11)23-3/h4-7,13,21-22H,8-9H2,1-3H3. The van der Waals surface area contributed by atoms with Crippen molar-refractivity contribution >= 4 is 16.3 Å². The van der Waals surface area contributed by atoms with E-state index in [1.807, 2.05) is 36.2 Å². The first kappa shape index (κ1) is 16.7. The Morgan fingerprint density at radius 1 is 1.38 bits per heavy atom. The van der Waals surface area contributed by atoms with Gasteiger partial charge in [0.1, 0.15) is 11.6 Å². The number of aromatic hydroxyl groups is 1. The van der Waals surface area contributed by atoms with Crippen LogP contribution in [0.5, 0.6) is 11.6 Å². The van der Waals surface area contributed by atoms with Crippen LogP contribution >= 0.6 is 11.3 Å². The van der Waals surface area contributed by atoms with Crippen LogP contribution in [-0.2, 0) is 0 Å². The molecule has 3 rings (SSSR count). The lowest BCUT2D eigenvalue weighted by molar-refractivity contribution is 0.194. The fourth-order valence-corrected chi connectivity index (χ4v) is 3.97. The van der Waals surface area contributed by atoms with Crippen molar-refractivity contribution in [2.75, 3.05) is 27.3 Å². The average molecular weight is 348 g/mol. The maximum atomic E-state index is 10.7. The first-order chi connectivity index (χ1) is 11.6. The normalized spacial score (nSPS) is 12.9. The van der Waals surface area contributed by atoms with Gasteiger partial charge >= 0.3 is 0 Å². The molecular formula is C16H20N4O3S. The number of para-hydroxylation sites is 1. The molecule has 2 heterocycles. The van der Waals surface area contributed by atoms with Gasteiger partial charge in [0, 0.05) is 12.1 Å². The van der Waals surface area contributed by atoms with E-state index in [1.54, 1.807) is 14.0 Å². The van der Waals surface area contributed by atoms with Crippen molar-refractivity contribution in [1.29, 1.82) is 0 Å². The summed E-state index contributed by atoms with van der Waals surface area (Å²) in [6, 6.07) is 7.39. The molecule has 7 nitrogen and oxygen atoms in total. The van der Waals surface area contributed by atoms with E-state index >= 15 is 0 Å². The molecule has 1 aromatic carbocycles. The lowest BCUT2D eigenvalue weighted by atomic mass is 10.0. The molecule has 0 spiro atoms. The summed E-state index contributed by atoms with van der Waals surface area (Å²) in [4.78, 5) is 7.65. The highest BCUT2D eigenvalue weighted by atomic mass is 32.1. The largest absolute Gasteiger partial charge is 0.496 e. The van der Waals surface area contributed by atoms with Gasteiger partial charge in [-0.05, 0) is 20.0 Å². The number of methoxy groups -OCH3 is 1. The van der Waals surface area contributed by atoms with Crippen molar-refractivity contribution < 1.29 is 14.9 Å². The molecule has 2 aromatic heterocycles. The Balaban J connectivity index is 2.16. The number of thiazole rings is 1. The highest BCUT2D eigenvalue weighted by Gasteiger charge is 2.29. The van der Waals surface area contributed by atoms with Crippen molar-refractivity contribution in [3.8, 4) is 11.6 Å². The third-order valence-corrected chi connectivity index (χ3v) is 4.95. The molecule has 0 saturated carbocycles. The minimum absolute atomic E-state index is 0.0166. The second-order valence-electron chi connectivity index (χ2n) is 5.49. The number of benzene rings is 1. The molecule has 0 aliphatic rings. The molecular weight excluding hydrogens is 328 g/mol. The molecule has 8 heteroatoms. The summed E-state index contributed by atoms with van der Waals surface area (Å²) in [5, 5.41) is 24.2. The van der Waals surface area contributed by atoms with Crippen molar-refractivity contribution in [3.63, 3.8) is 0 Å². The SMILES string of the molecule is COc1ccccc1C(c1sc2nc(C)nn2c1O)N(C)CCO. The van der Waals surface area contributed by atoms with Crippen LogP contribution in [0.2, 0.25) is 0 Å². The van der Waals surface area contributed by atoms with E-state index in [0.29, 0.717) is 22.2 Å². The monoisotopic (exact) mass is 348 g/mol. The smallest absolute Gasteiger partial charge is 0.230 e. The van der Waals surface area contributed by atoms with E-state index in [9.17, 15) is 10.2 Å². The first-order valence-electron chi connectivity index (χ1n) is 7.55. The van der Waals surface area contributed by atoms with Crippen LogP contribution in [0.4, 0.5) is 0 Å². The predicted octanol–water partition coefficient (Wildman–Crippen LogP) is 1.83. The van der Waals surface area contributed by atoms with Gasteiger partial charge in [-0.25, -0.2) is 4.98 Å². The quantitative estimate of drug-likeness (QED) is 0.707. The maximum Gasteiger partial charge on any atom is 0.230 e. The van der Waals surface area contributed by atoms with Crippen molar-refractivity contribution in [3.05, 3.63) is 40.5 Å². The van der Waals surface area contributed by atoms with Crippen LogP contribution in [-0.4, -0.2) is 57.0 Å². The predicted molar refractivity (Wildman–Crippen MR) is 91.8 cm³/mol. The fourth-order valence-electron chi connectivity index (χ4n) is 2.78. The molecule has 128 valence electrons. The number of ether oxygens (including phenoxy) is 1. The molecule has 0 amide bonds. The third-order valence-electron chi connectivity index (χ3n) is 3.88. The number of aliphatic hydroxyl groups is 1. The van der Waals surface area contributed by atoms with Gasteiger partial charge < -0.3 is 14.9 Å². The summed E-state index contributed by atoms with van der Waals surface area (Å²) < 4.78 is 6.94. The van der Waals surface area contributed by atoms with Crippen LogP contribution in [0.25, 0.3) is 4.96 Å². The number of hydrogen-bond donors (Lipinski definition) is 2. The van der Waals surface area contributed by atoms with Crippen molar-refractivity contribution in [2.45, 2.75) is 13.0 Å². The summed E-state index contributed by atoms with van der Waals surface area (Å²) in [7, 11) is 3.52. The number of nitrogens with zero attached hydrogens (tertiary/aromatic N) is 4. The van der Waals surface area contributed by atoms with Crippen LogP contribution in [0.3, 0.4) is 0 Å². The molecule has 0 bridgehead atoms. The van der Waals surface area contributed by atoms with Gasteiger partial charge in [0.2, 0.25) is 10.8 Å². The molecule has 3 aromatic rings. The van der Waals surface area contributed by atoms with Crippen LogP contribution in [0.1, 0.15) is 22.3 Å². The van der Waals surface area contributed by atoms with E-state index in [-0.39, 0.29) is 18.5 Å². The van der Waals surface area contributed by atoms with Gasteiger partial charge in [0.25, 0.3) is 0 Å². The first-order valence-corrected chi connectivity index (χ1v) is 8.37. The number of aromatic nitrogens is 3. The molecule has 1 unspecified atom stereocenters. The molecule has 0 aliphatic carbocycles. The Morgan fingerprint density at radius 3 is 2.79 bits per heavy atom. The summed E-state index contributed by atoms with van der Waals surface area (Å²) in [5.41, 5.74) is 0.910. The molecule has 2 N–H and O–H groups in total. The van der Waals surface area contributed by atoms with E-state index < -0.39 is 0 Å². The van der Waals surface area contributed by atoms with Crippen molar-refractivity contribution in [1.82, 2.24) is 19.5 Å². The Morgan fingerprint density at radius 2 is 2.12 bits per heavy atom. The third kappa shape index (κ3) is 2.83. The second kappa shape index (κ2) is 6.76. The van der Waals surface area contributed by atoms with Gasteiger partial charge in [-0.15, -0.1) is 5.10 Å². The van der Waals surface area contributed by atoms with Gasteiger partial charge in [0.05, 0.1) is 24.6 Å². The number of likely N-dealkylation sites (N-methyl/N-ethyl adjacent to an activating group) is 1. The summed E-state index contributed by atoms with van der Waals surface area (Å²) >= 11 is 1.38. The Hall–Kier alpha value is -2.16. The summed E-state index contributed by atoms with van der Waals surface area (Å²) in [5.74, 6) is 1.40. The number of fused-ring (bicyclic) bond motifs is 1. The number of hydrogen-bond acceptors (Lipinski definition) is 7. The van der Waals surface area contributed by atoms with Crippen LogP contribution < -0.4 is 4.74 Å². The lowest BCUT2D eigenvalue weighted by Crippen LogP contribution is -2.28. The molecule has 1 atom stereocenters. The van der Waals surface area contributed by atoms with Gasteiger partial charge in [-0.2, -0.15) is 4.52 Å². The summed E-state index contributed by atoms with van der Waals surface area (Å²) in [6.45, 7) is 2.26. The molecule has 24 heavy (non-hydrogen) atoms. The second-order valence-corrected chi connectivity index (χ2v) is 6.50. The number of rotatable bonds is 6. The van der Waals surface area contributed by atoms with E-state index in [2.05, 4.69) is 10.1 Å². The number of aliphatic hydroxyl groups excluding tert-OH is 1. The molecule has 0 radical (unpaired) electrons. The molecule has 0 fully saturated rings. The van der Waals surface area contributed by atoms with Gasteiger partial charge in [-0.3, -0.25) is 4.90 Å². The number of aryl methyl sites for hydroxylation is 1. The Kier molecular flexibility index (Phi) is 4.70. The highest BCUT2D eigenvalue weighted by Crippen LogP contribution is 2.41. The maximum absolute atomic E-state index is 10.7. The molecule has 0 saturated heterocycles. The van der Waals surface area contributed by atoms with Gasteiger partial charge in [-0.1, -0.05) is 29.5 Å². The summed E-state index contributed by atoms with van der Waals surface area (Å²) in [6.07, 6.45) is 0. The van der Waals surface area contributed by atoms with E-state index in [0.717, 1.165) is 11.3 Å². The zero-order chi connectivity index (χ0) is 17.3. The van der Waals surface area contributed by atoms with E-state index in [4.69, 9.17) is 4.74 Å². The van der Waals surface area contributed by atoms with E-state index in [1.165, 1.54) is 15.9 Å². The topological polar surface area (TPSA) is 83.1 Å². The zero-order valence-electron chi connectivity index (χ0n) is 13.8. The minimum Gasteiger partial charge on any atom is -0.496 e. The Labute approximate surface area is 143 Å². The Bertz CT molecular complexity index is 845. The highest BCUT2D eigenvalue weighted by molar-refractivity contribution is 7.17. The lowest BCUT2D eigenvalue weighted by Gasteiger charge is -2.28. The van der Waals surface area contributed by atoms with Crippen LogP contribution in [0, 0.1) is 6.92 Å². The average Bonchev–Trinajstić information content (AvgIpc) is 3.07. The fraction of sp³-hybridized carbons (Fsp3) is 0.375. The van der Waals surface area contributed by atoms with Crippen LogP contribution in [0.15, 0.2) is 24.3 Å². The zero-order valence-corrected chi connectivity index (χ0v) is 14.6. The van der Waals surface area contributed by atoms with Crippen molar-refractivity contribution in [2.24, 2.45) is 0 Å². The molecule has 0 aliphatic heterocycles. The van der Waals surface area contributed by atoms with Gasteiger partial charge in [0.15, 0.2) is 0 Å².